The van der Waals surface area contributed by atoms with Crippen LogP contribution in [-0.2, 0) is 6.54 Å². The lowest BCUT2D eigenvalue weighted by molar-refractivity contribution is 0.466. The maximum absolute atomic E-state index is 6.11. The van der Waals surface area contributed by atoms with Crippen molar-refractivity contribution in [3.05, 3.63) is 18.0 Å². The molecular formula is C11H21N3. The Labute approximate surface area is 86.3 Å². The molecule has 1 heterocycles. The number of nitrogens with zero attached hydrogens (tertiary/aromatic N) is 2. The van der Waals surface area contributed by atoms with Crippen LogP contribution in [0.25, 0.3) is 0 Å². The molecule has 0 saturated heterocycles. The highest BCUT2D eigenvalue weighted by atomic mass is 15.3. The van der Waals surface area contributed by atoms with Crippen LogP contribution in [-0.4, -0.2) is 9.78 Å². The van der Waals surface area contributed by atoms with E-state index in [-0.39, 0.29) is 6.04 Å². The predicted octanol–water partition coefficient (Wildman–Crippen LogP) is 2.34. The topological polar surface area (TPSA) is 43.8 Å². The first-order valence-corrected chi connectivity index (χ1v) is 5.42. The summed E-state index contributed by atoms with van der Waals surface area (Å²) in [6.07, 6.45) is 3.96. The van der Waals surface area contributed by atoms with Gasteiger partial charge in [0.05, 0.1) is 5.69 Å². The summed E-state index contributed by atoms with van der Waals surface area (Å²) in [6.45, 7) is 7.51. The van der Waals surface area contributed by atoms with Crippen LogP contribution in [0.3, 0.4) is 0 Å². The van der Waals surface area contributed by atoms with Gasteiger partial charge in [0.25, 0.3) is 0 Å². The van der Waals surface area contributed by atoms with Crippen LogP contribution in [0.1, 0.15) is 45.3 Å². The van der Waals surface area contributed by atoms with Gasteiger partial charge in [0.2, 0.25) is 0 Å². The minimum absolute atomic E-state index is 0.129. The van der Waals surface area contributed by atoms with Crippen LogP contribution >= 0.6 is 0 Å². The van der Waals surface area contributed by atoms with E-state index in [0.29, 0.717) is 5.92 Å². The largest absolute Gasteiger partial charge is 0.323 e. The van der Waals surface area contributed by atoms with Gasteiger partial charge in [-0.15, -0.1) is 0 Å². The molecule has 2 N–H and O–H groups in total. The van der Waals surface area contributed by atoms with Gasteiger partial charge in [-0.2, -0.15) is 5.10 Å². The Balaban J connectivity index is 2.68. The molecule has 0 aliphatic carbocycles. The van der Waals surface area contributed by atoms with Gasteiger partial charge in [0, 0.05) is 18.8 Å². The summed E-state index contributed by atoms with van der Waals surface area (Å²) in [5, 5.41) is 4.27. The van der Waals surface area contributed by atoms with Crippen molar-refractivity contribution in [1.82, 2.24) is 9.78 Å². The van der Waals surface area contributed by atoms with E-state index < -0.39 is 0 Å². The molecular weight excluding hydrogens is 174 g/mol. The average molecular weight is 195 g/mol. The van der Waals surface area contributed by atoms with Crippen LogP contribution in [0.15, 0.2) is 12.3 Å². The highest BCUT2D eigenvalue weighted by molar-refractivity contribution is 5.06. The van der Waals surface area contributed by atoms with Gasteiger partial charge in [-0.1, -0.05) is 20.8 Å². The molecule has 0 radical (unpaired) electrons. The van der Waals surface area contributed by atoms with E-state index >= 15 is 0 Å². The lowest BCUT2D eigenvalue weighted by atomic mass is 10.0. The zero-order chi connectivity index (χ0) is 10.6. The van der Waals surface area contributed by atoms with Crippen molar-refractivity contribution in [3.8, 4) is 0 Å². The number of hydrogen-bond acceptors (Lipinski definition) is 2. The summed E-state index contributed by atoms with van der Waals surface area (Å²) >= 11 is 0. The van der Waals surface area contributed by atoms with Crippen LogP contribution in [0.2, 0.25) is 0 Å². The summed E-state index contributed by atoms with van der Waals surface area (Å²) in [6, 6.07) is 2.16. The van der Waals surface area contributed by atoms with Crippen LogP contribution in [0.4, 0.5) is 0 Å². The molecule has 1 aromatic rings. The van der Waals surface area contributed by atoms with E-state index in [1.807, 2.05) is 16.9 Å². The van der Waals surface area contributed by atoms with Crippen LogP contribution < -0.4 is 5.73 Å². The van der Waals surface area contributed by atoms with Gasteiger partial charge in [0.15, 0.2) is 0 Å². The van der Waals surface area contributed by atoms with Crippen LogP contribution in [0, 0.1) is 5.92 Å². The Morgan fingerprint density at radius 1 is 1.50 bits per heavy atom. The summed E-state index contributed by atoms with van der Waals surface area (Å²) < 4.78 is 2.02. The van der Waals surface area contributed by atoms with E-state index in [9.17, 15) is 0 Å². The molecule has 0 amide bonds. The van der Waals surface area contributed by atoms with E-state index in [1.54, 1.807) is 0 Å². The minimum atomic E-state index is 0.129. The van der Waals surface area contributed by atoms with E-state index in [0.717, 1.165) is 19.4 Å². The van der Waals surface area contributed by atoms with Crippen molar-refractivity contribution in [1.29, 1.82) is 0 Å². The normalized spacial score (nSPS) is 13.5. The first kappa shape index (κ1) is 11.2. The number of aryl methyl sites for hydroxylation is 1. The van der Waals surface area contributed by atoms with Gasteiger partial charge >= 0.3 is 0 Å². The Hall–Kier alpha value is -0.830. The zero-order valence-electron chi connectivity index (χ0n) is 9.40. The second-order valence-electron chi connectivity index (χ2n) is 4.22. The summed E-state index contributed by atoms with van der Waals surface area (Å²) in [5.74, 6) is 0.634. The van der Waals surface area contributed by atoms with Gasteiger partial charge in [-0.05, 0) is 24.8 Å². The number of nitrogens with two attached hydrogens (primary N) is 1. The van der Waals surface area contributed by atoms with Crippen molar-refractivity contribution in [3.63, 3.8) is 0 Å². The number of hydrogen-bond donors (Lipinski definition) is 1. The Bertz CT molecular complexity index is 265. The third kappa shape index (κ3) is 2.84. The Morgan fingerprint density at radius 3 is 2.79 bits per heavy atom. The predicted molar refractivity (Wildman–Crippen MR) is 58.9 cm³/mol. The Morgan fingerprint density at radius 2 is 2.21 bits per heavy atom. The van der Waals surface area contributed by atoms with Gasteiger partial charge in [-0.25, -0.2) is 0 Å². The Kier molecular flexibility index (Phi) is 4.14. The second kappa shape index (κ2) is 5.15. The van der Waals surface area contributed by atoms with E-state index in [2.05, 4.69) is 25.9 Å². The highest BCUT2D eigenvalue weighted by Gasteiger charge is 2.12. The molecule has 0 bridgehead atoms. The third-order valence-corrected chi connectivity index (χ3v) is 2.29. The monoisotopic (exact) mass is 195 g/mol. The molecule has 3 heteroatoms. The number of rotatable bonds is 5. The average Bonchev–Trinajstić information content (AvgIpc) is 2.51. The molecule has 0 fully saturated rings. The van der Waals surface area contributed by atoms with Crippen molar-refractivity contribution < 1.29 is 0 Å². The fourth-order valence-electron chi connectivity index (χ4n) is 1.69. The molecule has 1 rings (SSSR count). The van der Waals surface area contributed by atoms with Crippen molar-refractivity contribution in [2.24, 2.45) is 11.7 Å². The molecule has 0 aliphatic heterocycles. The summed E-state index contributed by atoms with van der Waals surface area (Å²) in [5.41, 5.74) is 7.28. The van der Waals surface area contributed by atoms with E-state index in [1.165, 1.54) is 5.69 Å². The fraction of sp³-hybridized carbons (Fsp3) is 0.727. The van der Waals surface area contributed by atoms with E-state index in [4.69, 9.17) is 5.73 Å². The molecule has 80 valence electrons. The lowest BCUT2D eigenvalue weighted by Crippen LogP contribution is -2.18. The molecule has 1 atom stereocenters. The molecule has 0 aliphatic rings. The van der Waals surface area contributed by atoms with Crippen molar-refractivity contribution >= 4 is 0 Å². The SMILES string of the molecule is CCCn1nccc1C(N)CC(C)C. The standard InChI is InChI=1S/C11H21N3/c1-4-7-14-11(5-6-13-14)10(12)8-9(2)3/h5-6,9-10H,4,7-8,12H2,1-3H3. The zero-order valence-corrected chi connectivity index (χ0v) is 9.40. The quantitative estimate of drug-likeness (QED) is 0.783. The third-order valence-electron chi connectivity index (χ3n) is 2.29. The molecule has 1 unspecified atom stereocenters. The maximum Gasteiger partial charge on any atom is 0.0551 e. The molecule has 3 nitrogen and oxygen atoms in total. The van der Waals surface area contributed by atoms with Gasteiger partial charge in [0.1, 0.15) is 0 Å². The first-order chi connectivity index (χ1) is 6.65. The summed E-state index contributed by atoms with van der Waals surface area (Å²) in [7, 11) is 0. The first-order valence-electron chi connectivity index (χ1n) is 5.42. The molecule has 0 saturated carbocycles. The molecule has 1 aromatic heterocycles. The minimum Gasteiger partial charge on any atom is -0.323 e. The molecule has 0 spiro atoms. The second-order valence-corrected chi connectivity index (χ2v) is 4.22. The van der Waals surface area contributed by atoms with Gasteiger partial charge in [-0.3, -0.25) is 4.68 Å². The van der Waals surface area contributed by atoms with Crippen molar-refractivity contribution in [2.75, 3.05) is 0 Å². The number of aromatic nitrogens is 2. The highest BCUT2D eigenvalue weighted by Crippen LogP contribution is 2.18. The fourth-order valence-corrected chi connectivity index (χ4v) is 1.69. The van der Waals surface area contributed by atoms with Gasteiger partial charge < -0.3 is 5.73 Å². The smallest absolute Gasteiger partial charge is 0.0551 e. The van der Waals surface area contributed by atoms with Crippen LogP contribution in [0.5, 0.6) is 0 Å². The lowest BCUT2D eigenvalue weighted by Gasteiger charge is -2.15. The maximum atomic E-state index is 6.11. The molecule has 14 heavy (non-hydrogen) atoms. The van der Waals surface area contributed by atoms with Crippen molar-refractivity contribution in [2.45, 2.75) is 46.2 Å². The summed E-state index contributed by atoms with van der Waals surface area (Å²) in [4.78, 5) is 0. The molecule has 0 aromatic carbocycles.